The van der Waals surface area contributed by atoms with E-state index in [4.69, 9.17) is 40.2 Å². The summed E-state index contributed by atoms with van der Waals surface area (Å²) in [7, 11) is 3.34. The molecule has 0 amide bonds. The van der Waals surface area contributed by atoms with Crippen LogP contribution >= 0.6 is 11.6 Å². The number of ether oxygens (including phenoxy) is 3. The van der Waals surface area contributed by atoms with Gasteiger partial charge in [-0.15, -0.1) is 0 Å². The minimum absolute atomic E-state index is 0.0982. The van der Waals surface area contributed by atoms with Crippen molar-refractivity contribution < 1.29 is 42.7 Å². The highest BCUT2D eigenvalue weighted by Gasteiger charge is 2.52. The average molecular weight is 1190 g/mol. The summed E-state index contributed by atoms with van der Waals surface area (Å²) in [6, 6.07) is 31.2. The number of fused-ring (bicyclic) bond motifs is 4. The highest BCUT2D eigenvalue weighted by atomic mass is 35.5. The number of imidazole rings is 2. The van der Waals surface area contributed by atoms with Gasteiger partial charge in [0, 0.05) is 86.8 Å². The fourth-order valence-corrected chi connectivity index (χ4v) is 9.62. The molecular weight excluding hydrogens is 1120 g/mol. The smallest absolute Gasteiger partial charge is 0.461 e. The summed E-state index contributed by atoms with van der Waals surface area (Å²) < 4.78 is 34.4. The minimum atomic E-state index is -0.682. The first-order chi connectivity index (χ1) is 40.6. The monoisotopic (exact) mass is 1180 g/mol. The van der Waals surface area contributed by atoms with Gasteiger partial charge in [-0.25, -0.2) is 52.5 Å². The number of ketones is 1. The molecule has 8 aromatic heterocycles. The minimum Gasteiger partial charge on any atom is -0.461 e. The number of hydrogen-bond donors (Lipinski definition) is 0. The number of halogens is 1. The number of pyridine rings is 2. The Morgan fingerprint density at radius 3 is 1.60 bits per heavy atom. The normalized spacial score (nSPS) is 13.7. The van der Waals surface area contributed by atoms with Crippen LogP contribution in [0, 0.1) is 0 Å². The number of aromatic nitrogens is 10. The van der Waals surface area contributed by atoms with Crippen LogP contribution in [0.4, 0.5) is 21.0 Å². The number of carbonyl (C=O) groups is 4. The number of esters is 1. The van der Waals surface area contributed by atoms with E-state index in [1.165, 1.54) is 43.0 Å². The van der Waals surface area contributed by atoms with Crippen molar-refractivity contribution in [3.05, 3.63) is 162 Å². The van der Waals surface area contributed by atoms with Gasteiger partial charge >= 0.3 is 25.3 Å². The molecule has 0 atom stereocenters. The van der Waals surface area contributed by atoms with E-state index in [0.717, 1.165) is 27.8 Å². The molecule has 1 aliphatic rings. The Morgan fingerprint density at radius 2 is 1.09 bits per heavy atom. The molecule has 0 spiro atoms. The lowest BCUT2D eigenvalue weighted by atomic mass is 9.79. The molecule has 0 bridgehead atoms. The summed E-state index contributed by atoms with van der Waals surface area (Å²) in [5, 5.41) is 10.8. The van der Waals surface area contributed by atoms with Crippen molar-refractivity contribution in [1.29, 1.82) is 0 Å². The molecular formula is C63H70BClN12O9. The lowest BCUT2D eigenvalue weighted by Crippen LogP contribution is -2.41. The molecule has 10 aromatic rings. The van der Waals surface area contributed by atoms with Gasteiger partial charge in [0.25, 0.3) is 0 Å². The fraction of sp³-hybridized carbons (Fsp3) is 0.333. The van der Waals surface area contributed by atoms with Crippen LogP contribution < -0.4 is 15.3 Å². The van der Waals surface area contributed by atoms with Crippen molar-refractivity contribution in [3.8, 4) is 11.3 Å². The molecule has 446 valence electrons. The molecule has 1 aliphatic heterocycles. The lowest BCUT2D eigenvalue weighted by molar-refractivity contribution is 0.00578. The molecule has 0 N–H and O–H groups in total. The second-order valence-electron chi connectivity index (χ2n) is 23.7. The Morgan fingerprint density at radius 1 is 0.616 bits per heavy atom. The summed E-state index contributed by atoms with van der Waals surface area (Å²) in [5.74, 6) is -0.622. The van der Waals surface area contributed by atoms with E-state index in [-0.39, 0.29) is 18.1 Å². The van der Waals surface area contributed by atoms with Crippen LogP contribution in [-0.4, -0.2) is 122 Å². The maximum Gasteiger partial charge on any atom is 0.497 e. The van der Waals surface area contributed by atoms with E-state index in [0.29, 0.717) is 63.2 Å². The molecule has 0 aliphatic carbocycles. The zero-order chi connectivity index (χ0) is 62.0. The third-order valence-corrected chi connectivity index (χ3v) is 14.4. The van der Waals surface area contributed by atoms with E-state index in [1.54, 1.807) is 43.8 Å². The first-order valence-corrected chi connectivity index (χ1v) is 28.4. The van der Waals surface area contributed by atoms with Crippen LogP contribution in [-0.2, 0) is 36.6 Å². The van der Waals surface area contributed by atoms with Crippen molar-refractivity contribution in [2.45, 2.75) is 119 Å². The zero-order valence-corrected chi connectivity index (χ0v) is 51.6. The zero-order valence-electron chi connectivity index (χ0n) is 50.8. The molecule has 9 heterocycles. The van der Waals surface area contributed by atoms with Crippen molar-refractivity contribution in [3.63, 3.8) is 0 Å². The summed E-state index contributed by atoms with van der Waals surface area (Å²) in [6.45, 7) is 23.7. The van der Waals surface area contributed by atoms with Gasteiger partial charge in [-0.3, -0.25) is 4.79 Å². The Balaban J connectivity index is 0.000000163. The first-order valence-electron chi connectivity index (χ1n) is 28.0. The largest absolute Gasteiger partial charge is 0.497 e. The van der Waals surface area contributed by atoms with Gasteiger partial charge in [-0.1, -0.05) is 78.3 Å². The summed E-state index contributed by atoms with van der Waals surface area (Å²) >= 11 is 6.11. The Labute approximate surface area is 503 Å². The van der Waals surface area contributed by atoms with Gasteiger partial charge in [0.1, 0.15) is 28.2 Å². The molecule has 1 fully saturated rings. The van der Waals surface area contributed by atoms with Gasteiger partial charge in [0.2, 0.25) is 0 Å². The number of anilines is 2. The number of rotatable bonds is 11. The maximum atomic E-state index is 13.1. The molecule has 0 unspecified atom stereocenters. The number of benzene rings is 2. The van der Waals surface area contributed by atoms with Gasteiger partial charge < -0.3 is 33.3 Å². The highest BCUT2D eigenvalue weighted by molar-refractivity contribution is 6.65. The summed E-state index contributed by atoms with van der Waals surface area (Å²) in [4.78, 5) is 71.8. The Bertz CT molecular complexity index is 4110. The third kappa shape index (κ3) is 13.4. The molecule has 86 heavy (non-hydrogen) atoms. The molecule has 23 heteroatoms. The molecule has 1 saturated heterocycles. The predicted octanol–water partition coefficient (Wildman–Crippen LogP) is 11.7. The van der Waals surface area contributed by atoms with Crippen LogP contribution in [0.15, 0.2) is 134 Å². The average Bonchev–Trinajstić information content (AvgIpc) is 1.66. The van der Waals surface area contributed by atoms with Crippen molar-refractivity contribution in [2.75, 3.05) is 30.5 Å². The van der Waals surface area contributed by atoms with Crippen LogP contribution in [0.1, 0.15) is 115 Å². The number of nitrogens with zero attached hydrogens (tertiary/aromatic N) is 12. The third-order valence-electron chi connectivity index (χ3n) is 14.2. The van der Waals surface area contributed by atoms with Crippen molar-refractivity contribution in [2.24, 2.45) is 0 Å². The maximum absolute atomic E-state index is 13.1. The number of carbonyl (C=O) groups excluding carboxylic acids is 4. The topological polar surface area (TPSA) is 217 Å². The number of Topliss-reactive ketones (excluding diaryl/α,β-unsaturated/α-hetero) is 1. The van der Waals surface area contributed by atoms with Gasteiger partial charge in [0.05, 0.1) is 47.3 Å². The fourth-order valence-electron chi connectivity index (χ4n) is 9.44. The summed E-state index contributed by atoms with van der Waals surface area (Å²) in [5.41, 5.74) is 6.36. The van der Waals surface area contributed by atoms with Crippen molar-refractivity contribution >= 4 is 92.9 Å². The first kappa shape index (κ1) is 61.6. The predicted molar refractivity (Wildman–Crippen MR) is 331 cm³/mol. The van der Waals surface area contributed by atoms with Crippen molar-refractivity contribution in [1.82, 2.24) is 48.3 Å². The Hall–Kier alpha value is -8.99. The van der Waals surface area contributed by atoms with E-state index in [2.05, 4.69) is 37.2 Å². The molecule has 21 nitrogen and oxygen atoms in total. The second kappa shape index (κ2) is 24.5. The summed E-state index contributed by atoms with van der Waals surface area (Å²) in [6.07, 6.45) is 8.62. The van der Waals surface area contributed by atoms with Crippen LogP contribution in [0.2, 0.25) is 5.15 Å². The highest BCUT2D eigenvalue weighted by Crippen LogP contribution is 2.38. The quantitative estimate of drug-likeness (QED) is 0.0509. The van der Waals surface area contributed by atoms with Gasteiger partial charge in [0.15, 0.2) is 27.9 Å². The standard InChI is InChI=1S/C29H30N6O4.C18H25BN2O4.C16H15ClN4O/c1-6-38-27(36)24-16-31-26-23(33(5)17-19-11-8-7-9-12-19)15-22(32-35(24)26)21-18-34(28(37)39-29(2,3)4)25-20(21)13-10-14-30-25;1-16(2,3)23-15(22)21-11-13(12-9-8-10-20-14(12)21)19-24-17(4,5)18(6,7)25-19;1-11(22)14-9-18-16-13(8-15(17)19-21(14)16)20(2)10-12-6-4-3-5-7-12/h7-16,18H,6,17H2,1-5H3;8-11H,1-7H3;3-9H,10H2,1-2H3. The molecule has 0 radical (unpaired) electrons. The molecule has 2 aromatic carbocycles. The molecule has 0 saturated carbocycles. The molecule has 11 rings (SSSR count). The van der Waals surface area contributed by atoms with Crippen LogP contribution in [0.3, 0.4) is 0 Å². The van der Waals surface area contributed by atoms with E-state index < -0.39 is 47.7 Å². The van der Waals surface area contributed by atoms with E-state index in [1.807, 2.05) is 166 Å². The van der Waals surface area contributed by atoms with E-state index >= 15 is 0 Å². The second-order valence-corrected chi connectivity index (χ2v) is 24.0. The van der Waals surface area contributed by atoms with E-state index in [9.17, 15) is 19.2 Å². The lowest BCUT2D eigenvalue weighted by Gasteiger charge is -2.32. The van der Waals surface area contributed by atoms with Gasteiger partial charge in [-0.2, -0.15) is 10.2 Å². The number of hydrogen-bond acceptors (Lipinski definition) is 17. The van der Waals surface area contributed by atoms with Gasteiger partial charge in [-0.05, 0) is 112 Å². The Kier molecular flexibility index (Phi) is 17.6. The van der Waals surface area contributed by atoms with Crippen LogP contribution in [0.5, 0.6) is 0 Å². The van der Waals surface area contributed by atoms with Crippen LogP contribution in [0.25, 0.3) is 44.6 Å². The SMILES string of the molecule is CC(=O)c1cnc2c(N(C)Cc3ccccc3)cc(Cl)nn12.CC(C)(C)OC(=O)n1cc(B2OC(C)(C)C(C)(C)O2)c2cccnc21.CCOC(=O)c1cnc2c(N(C)Cc3ccccc3)cc(-c3cn(C(=O)OC(C)(C)C)c4ncccc34)nn12.